The van der Waals surface area contributed by atoms with Crippen molar-refractivity contribution in [2.45, 2.75) is 32.5 Å². The van der Waals surface area contributed by atoms with Crippen LogP contribution >= 0.6 is 11.3 Å². The molecule has 0 atom stereocenters. The third-order valence-corrected chi connectivity index (χ3v) is 4.67. The van der Waals surface area contributed by atoms with Crippen LogP contribution in [-0.4, -0.2) is 31.3 Å². The van der Waals surface area contributed by atoms with E-state index in [0.717, 1.165) is 22.2 Å². The first kappa shape index (κ1) is 14.6. The fourth-order valence-electron chi connectivity index (χ4n) is 2.27. The fraction of sp³-hybridized carbons (Fsp3) is 0.750. The number of hydrogen-bond acceptors (Lipinski definition) is 4. The summed E-state index contributed by atoms with van der Waals surface area (Å²) in [6, 6.07) is 0. The molecule has 1 aromatic heterocycles. The molecule has 0 spiro atoms. The Morgan fingerprint density at radius 3 is 2.53 bits per heavy atom. The van der Waals surface area contributed by atoms with E-state index in [4.69, 9.17) is 0 Å². The van der Waals surface area contributed by atoms with E-state index in [9.17, 15) is 13.2 Å². The van der Waals surface area contributed by atoms with Crippen molar-refractivity contribution in [3.63, 3.8) is 0 Å². The quantitative estimate of drug-likeness (QED) is 0.928. The van der Waals surface area contributed by atoms with E-state index in [1.807, 2.05) is 18.9 Å². The second kappa shape index (κ2) is 5.66. The number of halogens is 3. The van der Waals surface area contributed by atoms with Gasteiger partial charge < -0.3 is 10.2 Å². The van der Waals surface area contributed by atoms with Gasteiger partial charge in [0.05, 0.1) is 11.6 Å². The highest BCUT2D eigenvalue weighted by molar-refractivity contribution is 7.15. The molecule has 0 aliphatic carbocycles. The van der Waals surface area contributed by atoms with Gasteiger partial charge in [-0.3, -0.25) is 0 Å². The number of thiazole rings is 1. The number of alkyl halides is 3. The van der Waals surface area contributed by atoms with Gasteiger partial charge in [0.15, 0.2) is 5.13 Å². The normalized spacial score (nSPS) is 18.1. The SMILES string of the molecule is CNCc1sc(N2CCC(C(F)(F)F)CC2)nc1C. The van der Waals surface area contributed by atoms with E-state index in [-0.39, 0.29) is 12.8 Å². The van der Waals surface area contributed by atoms with Crippen molar-refractivity contribution in [3.05, 3.63) is 10.6 Å². The van der Waals surface area contributed by atoms with Gasteiger partial charge in [-0.1, -0.05) is 0 Å². The molecule has 108 valence electrons. The first-order valence-corrected chi connectivity index (χ1v) is 7.16. The lowest BCUT2D eigenvalue weighted by atomic mass is 9.97. The molecule has 7 heteroatoms. The predicted octanol–water partition coefficient (Wildman–Crippen LogP) is 2.95. The molecule has 0 amide bonds. The van der Waals surface area contributed by atoms with Crippen molar-refractivity contribution in [2.24, 2.45) is 5.92 Å². The molecule has 1 N–H and O–H groups in total. The van der Waals surface area contributed by atoms with Gasteiger partial charge in [-0.05, 0) is 26.8 Å². The topological polar surface area (TPSA) is 28.2 Å². The maximum atomic E-state index is 12.6. The highest BCUT2D eigenvalue weighted by Gasteiger charge is 2.41. The summed E-state index contributed by atoms with van der Waals surface area (Å²) < 4.78 is 37.8. The van der Waals surface area contributed by atoms with Crippen LogP contribution in [0.15, 0.2) is 0 Å². The molecule has 2 heterocycles. The van der Waals surface area contributed by atoms with Crippen LogP contribution in [0.25, 0.3) is 0 Å². The molecule has 1 aliphatic heterocycles. The molecule has 0 radical (unpaired) electrons. The summed E-state index contributed by atoms with van der Waals surface area (Å²) >= 11 is 1.57. The zero-order valence-corrected chi connectivity index (χ0v) is 11.9. The Labute approximate surface area is 114 Å². The lowest BCUT2D eigenvalue weighted by Crippen LogP contribution is -2.38. The van der Waals surface area contributed by atoms with Crippen molar-refractivity contribution < 1.29 is 13.2 Å². The van der Waals surface area contributed by atoms with Gasteiger partial charge in [0, 0.05) is 24.5 Å². The van der Waals surface area contributed by atoms with Crippen LogP contribution < -0.4 is 10.2 Å². The molecule has 1 saturated heterocycles. The molecule has 19 heavy (non-hydrogen) atoms. The second-order valence-electron chi connectivity index (χ2n) is 4.84. The smallest absolute Gasteiger partial charge is 0.348 e. The highest BCUT2D eigenvalue weighted by atomic mass is 32.1. The molecule has 1 aromatic rings. The first-order valence-electron chi connectivity index (χ1n) is 6.34. The molecular weight excluding hydrogens is 275 g/mol. The second-order valence-corrected chi connectivity index (χ2v) is 5.90. The molecule has 1 aliphatic rings. The number of hydrogen-bond donors (Lipinski definition) is 1. The van der Waals surface area contributed by atoms with Gasteiger partial charge in [-0.25, -0.2) is 4.98 Å². The van der Waals surface area contributed by atoms with E-state index in [0.29, 0.717) is 13.1 Å². The minimum absolute atomic E-state index is 0.170. The van der Waals surface area contributed by atoms with Crippen LogP contribution in [0.3, 0.4) is 0 Å². The summed E-state index contributed by atoms with van der Waals surface area (Å²) in [4.78, 5) is 7.58. The maximum absolute atomic E-state index is 12.6. The Hall–Kier alpha value is -0.820. The zero-order valence-electron chi connectivity index (χ0n) is 11.0. The number of anilines is 1. The molecule has 2 rings (SSSR count). The summed E-state index contributed by atoms with van der Waals surface area (Å²) in [7, 11) is 1.87. The van der Waals surface area contributed by atoms with Gasteiger partial charge in [0.2, 0.25) is 0 Å². The number of aromatic nitrogens is 1. The monoisotopic (exact) mass is 293 g/mol. The number of rotatable bonds is 3. The van der Waals surface area contributed by atoms with E-state index in [2.05, 4.69) is 10.3 Å². The van der Waals surface area contributed by atoms with Crippen molar-refractivity contribution >= 4 is 16.5 Å². The summed E-state index contributed by atoms with van der Waals surface area (Å²) in [5, 5.41) is 3.92. The Morgan fingerprint density at radius 2 is 2.00 bits per heavy atom. The molecule has 0 bridgehead atoms. The van der Waals surface area contributed by atoms with Crippen molar-refractivity contribution in [1.82, 2.24) is 10.3 Å². The predicted molar refractivity (Wildman–Crippen MR) is 70.6 cm³/mol. The van der Waals surface area contributed by atoms with E-state index < -0.39 is 12.1 Å². The lowest BCUT2D eigenvalue weighted by Gasteiger charge is -2.32. The van der Waals surface area contributed by atoms with Crippen LogP contribution in [0.1, 0.15) is 23.4 Å². The fourth-order valence-corrected chi connectivity index (χ4v) is 3.40. The number of piperidine rings is 1. The summed E-state index contributed by atoms with van der Waals surface area (Å²) in [6.45, 7) is 3.57. The summed E-state index contributed by atoms with van der Waals surface area (Å²) in [5.74, 6) is -1.15. The van der Waals surface area contributed by atoms with Gasteiger partial charge in [0.25, 0.3) is 0 Å². The zero-order chi connectivity index (χ0) is 14.0. The van der Waals surface area contributed by atoms with E-state index in [1.54, 1.807) is 11.3 Å². The minimum atomic E-state index is -4.05. The standard InChI is InChI=1S/C12H18F3N3S/c1-8-10(7-16-2)19-11(17-8)18-5-3-9(4-6-18)12(13,14)15/h9,16H,3-7H2,1-2H3. The average Bonchev–Trinajstić information content (AvgIpc) is 2.71. The van der Waals surface area contributed by atoms with Gasteiger partial charge in [-0.2, -0.15) is 13.2 Å². The number of nitrogens with zero attached hydrogens (tertiary/aromatic N) is 2. The van der Waals surface area contributed by atoms with Crippen molar-refractivity contribution in [2.75, 3.05) is 25.0 Å². The Bertz CT molecular complexity index is 422. The molecule has 1 fully saturated rings. The van der Waals surface area contributed by atoms with Gasteiger partial charge in [0.1, 0.15) is 0 Å². The molecule has 0 saturated carbocycles. The Balaban J connectivity index is 2.00. The van der Waals surface area contributed by atoms with Crippen molar-refractivity contribution in [1.29, 1.82) is 0 Å². The van der Waals surface area contributed by atoms with E-state index >= 15 is 0 Å². The van der Waals surface area contributed by atoms with E-state index in [1.165, 1.54) is 0 Å². The minimum Gasteiger partial charge on any atom is -0.348 e. The average molecular weight is 293 g/mol. The van der Waals surface area contributed by atoms with Crippen LogP contribution in [0.2, 0.25) is 0 Å². The third kappa shape index (κ3) is 3.39. The summed E-state index contributed by atoms with van der Waals surface area (Å²) in [5.41, 5.74) is 0.965. The Morgan fingerprint density at radius 1 is 1.37 bits per heavy atom. The Kier molecular flexibility index (Phi) is 4.35. The molecular formula is C12H18F3N3S. The first-order chi connectivity index (χ1) is 8.91. The number of nitrogens with one attached hydrogen (secondary N) is 1. The highest BCUT2D eigenvalue weighted by Crippen LogP contribution is 2.36. The largest absolute Gasteiger partial charge is 0.391 e. The lowest BCUT2D eigenvalue weighted by molar-refractivity contribution is -0.179. The van der Waals surface area contributed by atoms with Crippen LogP contribution in [0.5, 0.6) is 0 Å². The maximum Gasteiger partial charge on any atom is 0.391 e. The molecule has 0 aromatic carbocycles. The number of aryl methyl sites for hydroxylation is 1. The van der Waals surface area contributed by atoms with Crippen molar-refractivity contribution in [3.8, 4) is 0 Å². The van der Waals surface area contributed by atoms with Crippen LogP contribution in [0.4, 0.5) is 18.3 Å². The van der Waals surface area contributed by atoms with Crippen LogP contribution in [0, 0.1) is 12.8 Å². The van der Waals surface area contributed by atoms with Gasteiger partial charge >= 0.3 is 6.18 Å². The van der Waals surface area contributed by atoms with Crippen LogP contribution in [-0.2, 0) is 6.54 Å². The van der Waals surface area contributed by atoms with Gasteiger partial charge in [-0.15, -0.1) is 11.3 Å². The third-order valence-electron chi connectivity index (χ3n) is 3.45. The molecule has 0 unspecified atom stereocenters. The molecule has 3 nitrogen and oxygen atoms in total. The summed E-state index contributed by atoms with van der Waals surface area (Å²) in [6.07, 6.45) is -3.71.